The topological polar surface area (TPSA) is 83.5 Å². The number of hydrogen-bond acceptors (Lipinski definition) is 3. The first-order valence-electron chi connectivity index (χ1n) is 5.92. The summed E-state index contributed by atoms with van der Waals surface area (Å²) in [5, 5.41) is 8.98. The van der Waals surface area contributed by atoms with Crippen LogP contribution in [0.25, 0.3) is 0 Å². The molecule has 0 fully saturated rings. The average Bonchev–Trinajstić information content (AvgIpc) is 2.37. The third-order valence-corrected chi connectivity index (χ3v) is 4.13. The summed E-state index contributed by atoms with van der Waals surface area (Å²) >= 11 is 0. The largest absolute Gasteiger partial charge is 0.478 e. The van der Waals surface area contributed by atoms with Crippen molar-refractivity contribution in [3.63, 3.8) is 0 Å². The number of aromatic carboxylic acids is 1. The summed E-state index contributed by atoms with van der Waals surface area (Å²) in [6, 6.07) is 9.47. The van der Waals surface area contributed by atoms with E-state index in [1.54, 1.807) is 19.1 Å². The summed E-state index contributed by atoms with van der Waals surface area (Å²) < 4.78 is 40.1. The van der Waals surface area contributed by atoms with Crippen molar-refractivity contribution >= 4 is 21.7 Å². The Morgan fingerprint density at radius 2 is 1.86 bits per heavy atom. The van der Waals surface area contributed by atoms with E-state index in [1.165, 1.54) is 24.3 Å². The Labute approximate surface area is 121 Å². The zero-order valence-electron chi connectivity index (χ0n) is 11.0. The van der Waals surface area contributed by atoms with Crippen molar-refractivity contribution in [1.29, 1.82) is 0 Å². The van der Waals surface area contributed by atoms with Gasteiger partial charge >= 0.3 is 5.97 Å². The Balaban J connectivity index is 2.47. The van der Waals surface area contributed by atoms with E-state index in [-0.39, 0.29) is 10.6 Å². The smallest absolute Gasteiger partial charge is 0.340 e. The van der Waals surface area contributed by atoms with E-state index in [1.807, 2.05) is 0 Å². The number of carboxylic acids is 1. The molecule has 0 aliphatic carbocycles. The Hall–Kier alpha value is -2.41. The van der Waals surface area contributed by atoms with Gasteiger partial charge < -0.3 is 5.11 Å². The molecule has 0 bridgehead atoms. The summed E-state index contributed by atoms with van der Waals surface area (Å²) in [7, 11) is -3.99. The van der Waals surface area contributed by atoms with Gasteiger partial charge in [-0.2, -0.15) is 0 Å². The lowest BCUT2D eigenvalue weighted by atomic mass is 10.2. The predicted molar refractivity (Wildman–Crippen MR) is 75.3 cm³/mol. The summed E-state index contributed by atoms with van der Waals surface area (Å²) in [6.07, 6.45) is 0. The third kappa shape index (κ3) is 3.19. The maximum Gasteiger partial charge on any atom is 0.340 e. The van der Waals surface area contributed by atoms with Crippen molar-refractivity contribution in [3.05, 3.63) is 59.4 Å². The van der Waals surface area contributed by atoms with E-state index in [0.29, 0.717) is 0 Å². The quantitative estimate of drug-likeness (QED) is 0.909. The minimum atomic E-state index is -3.99. The fraction of sp³-hybridized carbons (Fsp3) is 0.0714. The zero-order chi connectivity index (χ0) is 15.6. The summed E-state index contributed by atoms with van der Waals surface area (Å²) in [5.74, 6) is -2.55. The maximum atomic E-state index is 13.5. The molecule has 0 saturated heterocycles. The van der Waals surface area contributed by atoms with Gasteiger partial charge in [0.1, 0.15) is 11.4 Å². The number of halogens is 1. The normalized spacial score (nSPS) is 11.1. The van der Waals surface area contributed by atoms with Crippen LogP contribution in [-0.2, 0) is 10.0 Å². The average molecular weight is 309 g/mol. The van der Waals surface area contributed by atoms with E-state index >= 15 is 0 Å². The standard InChI is InChI=1S/C14H12FNO4S/c1-9-4-2-5-10(8-9)21(19,20)16-12-7-3-6-11(15)13(12)14(17)18/h2-8,16H,1H3,(H,17,18). The van der Waals surface area contributed by atoms with Gasteiger partial charge in [0.15, 0.2) is 0 Å². The minimum absolute atomic E-state index is 0.0249. The van der Waals surface area contributed by atoms with Crippen molar-refractivity contribution in [2.24, 2.45) is 0 Å². The number of sulfonamides is 1. The molecule has 2 rings (SSSR count). The molecule has 0 amide bonds. The first kappa shape index (κ1) is 15.0. The molecule has 5 nitrogen and oxygen atoms in total. The molecule has 0 spiro atoms. The van der Waals surface area contributed by atoms with Crippen molar-refractivity contribution < 1.29 is 22.7 Å². The number of anilines is 1. The van der Waals surface area contributed by atoms with Crippen molar-refractivity contribution in [2.75, 3.05) is 4.72 Å². The second kappa shape index (κ2) is 5.53. The second-order valence-electron chi connectivity index (χ2n) is 4.39. The molecule has 0 aliphatic rings. The van der Waals surface area contributed by atoms with Crippen LogP contribution < -0.4 is 4.72 Å². The fourth-order valence-corrected chi connectivity index (χ4v) is 2.99. The van der Waals surface area contributed by atoms with Crippen LogP contribution in [0.3, 0.4) is 0 Å². The minimum Gasteiger partial charge on any atom is -0.478 e. The van der Waals surface area contributed by atoms with Crippen LogP contribution in [0.15, 0.2) is 47.4 Å². The Morgan fingerprint density at radius 1 is 1.19 bits per heavy atom. The van der Waals surface area contributed by atoms with Crippen LogP contribution in [0, 0.1) is 12.7 Å². The number of nitrogens with one attached hydrogen (secondary N) is 1. The van der Waals surface area contributed by atoms with Gasteiger partial charge in [-0.1, -0.05) is 18.2 Å². The monoisotopic (exact) mass is 309 g/mol. The van der Waals surface area contributed by atoms with Gasteiger partial charge in [0, 0.05) is 0 Å². The third-order valence-electron chi connectivity index (χ3n) is 2.77. The first-order chi connectivity index (χ1) is 9.81. The summed E-state index contributed by atoms with van der Waals surface area (Å²) in [6.45, 7) is 1.73. The molecule has 2 aromatic rings. The number of aryl methyl sites for hydroxylation is 1. The van der Waals surface area contributed by atoms with Gasteiger partial charge in [-0.25, -0.2) is 17.6 Å². The molecule has 0 saturated carbocycles. The summed E-state index contributed by atoms with van der Waals surface area (Å²) in [5.41, 5.74) is -0.298. The second-order valence-corrected chi connectivity index (χ2v) is 6.07. The highest BCUT2D eigenvalue weighted by atomic mass is 32.2. The van der Waals surface area contributed by atoms with Gasteiger partial charge in [-0.15, -0.1) is 0 Å². The van der Waals surface area contributed by atoms with Crippen LogP contribution in [-0.4, -0.2) is 19.5 Å². The molecule has 0 radical (unpaired) electrons. The van der Waals surface area contributed by atoms with Crippen molar-refractivity contribution in [1.82, 2.24) is 0 Å². The van der Waals surface area contributed by atoms with Gasteiger partial charge in [0.25, 0.3) is 10.0 Å². The van der Waals surface area contributed by atoms with Crippen LogP contribution >= 0.6 is 0 Å². The lowest BCUT2D eigenvalue weighted by Gasteiger charge is -2.11. The number of carbonyl (C=O) groups is 1. The van der Waals surface area contributed by atoms with E-state index in [0.717, 1.165) is 11.6 Å². The number of carboxylic acid groups (broad SMARTS) is 1. The van der Waals surface area contributed by atoms with Crippen LogP contribution in [0.2, 0.25) is 0 Å². The number of hydrogen-bond donors (Lipinski definition) is 2. The van der Waals surface area contributed by atoms with Crippen LogP contribution in [0.5, 0.6) is 0 Å². The van der Waals surface area contributed by atoms with Gasteiger partial charge in [0.2, 0.25) is 0 Å². The highest BCUT2D eigenvalue weighted by molar-refractivity contribution is 7.92. The summed E-state index contributed by atoms with van der Waals surface area (Å²) in [4.78, 5) is 11.0. The molecule has 21 heavy (non-hydrogen) atoms. The molecule has 0 aliphatic heterocycles. The zero-order valence-corrected chi connectivity index (χ0v) is 11.8. The van der Waals surface area contributed by atoms with E-state index < -0.39 is 27.4 Å². The highest BCUT2D eigenvalue weighted by Gasteiger charge is 2.21. The van der Waals surface area contributed by atoms with Crippen LogP contribution in [0.4, 0.5) is 10.1 Å². The fourth-order valence-electron chi connectivity index (χ4n) is 1.81. The highest BCUT2D eigenvalue weighted by Crippen LogP contribution is 2.23. The molecule has 2 N–H and O–H groups in total. The van der Waals surface area contributed by atoms with E-state index in [2.05, 4.69) is 4.72 Å². The molecular weight excluding hydrogens is 297 g/mol. The Morgan fingerprint density at radius 3 is 2.48 bits per heavy atom. The van der Waals surface area contributed by atoms with Gasteiger partial charge in [0.05, 0.1) is 10.6 Å². The molecule has 0 atom stereocenters. The van der Waals surface area contributed by atoms with Gasteiger partial charge in [-0.05, 0) is 36.8 Å². The molecule has 0 unspecified atom stereocenters. The first-order valence-corrected chi connectivity index (χ1v) is 7.41. The molecule has 7 heteroatoms. The maximum absolute atomic E-state index is 13.5. The van der Waals surface area contributed by atoms with E-state index in [4.69, 9.17) is 5.11 Å². The van der Waals surface area contributed by atoms with E-state index in [9.17, 15) is 17.6 Å². The predicted octanol–water partition coefficient (Wildman–Crippen LogP) is 2.63. The molecule has 110 valence electrons. The van der Waals surface area contributed by atoms with Crippen molar-refractivity contribution in [2.45, 2.75) is 11.8 Å². The number of rotatable bonds is 4. The molecule has 0 aromatic heterocycles. The molecule has 0 heterocycles. The SMILES string of the molecule is Cc1cccc(S(=O)(=O)Nc2cccc(F)c2C(=O)O)c1. The number of benzene rings is 2. The lowest BCUT2D eigenvalue weighted by Crippen LogP contribution is -2.16. The van der Waals surface area contributed by atoms with Crippen molar-refractivity contribution in [3.8, 4) is 0 Å². The Bertz CT molecular complexity index is 802. The lowest BCUT2D eigenvalue weighted by molar-refractivity contribution is 0.0693. The molecular formula is C14H12FNO4S. The van der Waals surface area contributed by atoms with Gasteiger partial charge in [-0.3, -0.25) is 4.72 Å². The molecule has 2 aromatic carbocycles. The van der Waals surface area contributed by atoms with Crippen LogP contribution in [0.1, 0.15) is 15.9 Å². The Kier molecular flexibility index (Phi) is 3.95.